The van der Waals surface area contributed by atoms with Crippen LogP contribution in [0.3, 0.4) is 0 Å². The van der Waals surface area contributed by atoms with Gasteiger partial charge in [-0.05, 0) is 50.8 Å². The highest BCUT2D eigenvalue weighted by atomic mass is 16.4. The van der Waals surface area contributed by atoms with Gasteiger partial charge in [-0.3, -0.25) is 4.79 Å². The molecule has 0 radical (unpaired) electrons. The number of hydrogen-bond acceptors (Lipinski definition) is 4. The average Bonchev–Trinajstić information content (AvgIpc) is 2.40. The largest absolute Gasteiger partial charge is 0.478 e. The van der Waals surface area contributed by atoms with Gasteiger partial charge in [0.2, 0.25) is 0 Å². The van der Waals surface area contributed by atoms with Crippen LogP contribution in [0.4, 0.5) is 5.69 Å². The SMILES string of the molecule is C[C@]1(O)CC[C@H](Nc2cc(C(=O)O)ccc2C(N)=O)CC1. The molecule has 0 spiro atoms. The first kappa shape index (κ1) is 15.3. The molecule has 5 N–H and O–H groups in total. The van der Waals surface area contributed by atoms with Crippen LogP contribution in [0.25, 0.3) is 0 Å². The van der Waals surface area contributed by atoms with Crippen molar-refractivity contribution in [2.75, 3.05) is 5.32 Å². The van der Waals surface area contributed by atoms with Crippen LogP contribution in [0, 0.1) is 0 Å². The Morgan fingerprint density at radius 3 is 2.48 bits per heavy atom. The number of nitrogens with one attached hydrogen (secondary N) is 1. The normalized spacial score (nSPS) is 25.3. The Morgan fingerprint density at radius 1 is 1.33 bits per heavy atom. The Balaban J connectivity index is 2.19. The smallest absolute Gasteiger partial charge is 0.335 e. The van der Waals surface area contributed by atoms with Gasteiger partial charge in [-0.1, -0.05) is 0 Å². The van der Waals surface area contributed by atoms with Gasteiger partial charge in [0.05, 0.1) is 16.7 Å². The number of carbonyl (C=O) groups is 2. The number of aliphatic hydroxyl groups is 1. The number of amides is 1. The van der Waals surface area contributed by atoms with Gasteiger partial charge in [0, 0.05) is 11.7 Å². The Labute approximate surface area is 123 Å². The fourth-order valence-corrected chi connectivity index (χ4v) is 2.62. The van der Waals surface area contributed by atoms with Gasteiger partial charge in [-0.15, -0.1) is 0 Å². The van der Waals surface area contributed by atoms with Crippen LogP contribution in [0.2, 0.25) is 0 Å². The maximum absolute atomic E-state index is 11.4. The van der Waals surface area contributed by atoms with Crippen LogP contribution in [0.1, 0.15) is 53.3 Å². The lowest BCUT2D eigenvalue weighted by molar-refractivity contribution is 0.0196. The van der Waals surface area contributed by atoms with Crippen LogP contribution in [-0.2, 0) is 0 Å². The van der Waals surface area contributed by atoms with E-state index in [4.69, 9.17) is 10.8 Å². The highest BCUT2D eigenvalue weighted by molar-refractivity contribution is 6.00. The van der Waals surface area contributed by atoms with Crippen molar-refractivity contribution in [1.82, 2.24) is 0 Å². The van der Waals surface area contributed by atoms with E-state index in [-0.39, 0.29) is 17.2 Å². The van der Waals surface area contributed by atoms with E-state index in [9.17, 15) is 14.7 Å². The summed E-state index contributed by atoms with van der Waals surface area (Å²) in [5, 5.41) is 22.2. The molecule has 1 aliphatic rings. The third kappa shape index (κ3) is 3.72. The molecule has 0 saturated heterocycles. The van der Waals surface area contributed by atoms with E-state index in [0.717, 1.165) is 12.8 Å². The number of benzene rings is 1. The number of carboxylic acid groups (broad SMARTS) is 1. The molecule has 6 heteroatoms. The minimum Gasteiger partial charge on any atom is -0.478 e. The van der Waals surface area contributed by atoms with Crippen LogP contribution >= 0.6 is 0 Å². The minimum atomic E-state index is -1.05. The molecule has 0 aromatic heterocycles. The molecule has 1 aliphatic carbocycles. The number of aromatic carboxylic acids is 1. The van der Waals surface area contributed by atoms with E-state index < -0.39 is 17.5 Å². The van der Waals surface area contributed by atoms with Gasteiger partial charge in [0.25, 0.3) is 5.91 Å². The molecule has 0 heterocycles. The third-order valence-electron chi connectivity index (χ3n) is 3.95. The summed E-state index contributed by atoms with van der Waals surface area (Å²) in [6, 6.07) is 4.30. The molecule has 1 amide bonds. The van der Waals surface area contributed by atoms with Crippen molar-refractivity contribution in [3.05, 3.63) is 29.3 Å². The van der Waals surface area contributed by atoms with Crippen LogP contribution < -0.4 is 11.1 Å². The Morgan fingerprint density at radius 2 is 1.95 bits per heavy atom. The van der Waals surface area contributed by atoms with Crippen molar-refractivity contribution in [1.29, 1.82) is 0 Å². The molecule has 1 saturated carbocycles. The molecule has 114 valence electrons. The number of carbonyl (C=O) groups excluding carboxylic acids is 1. The lowest BCUT2D eigenvalue weighted by Gasteiger charge is -2.34. The molecule has 1 aromatic rings. The fourth-order valence-electron chi connectivity index (χ4n) is 2.62. The number of rotatable bonds is 4. The Bertz CT molecular complexity index is 559. The first-order valence-electron chi connectivity index (χ1n) is 6.94. The lowest BCUT2D eigenvalue weighted by Crippen LogP contribution is -2.36. The predicted octanol–water partition coefficient (Wildman–Crippen LogP) is 1.59. The number of nitrogens with two attached hydrogens (primary N) is 1. The maximum atomic E-state index is 11.4. The highest BCUT2D eigenvalue weighted by Gasteiger charge is 2.29. The number of anilines is 1. The molecule has 1 fully saturated rings. The minimum absolute atomic E-state index is 0.0902. The number of primary amides is 1. The second kappa shape index (κ2) is 5.73. The molecule has 0 bridgehead atoms. The summed E-state index contributed by atoms with van der Waals surface area (Å²) in [7, 11) is 0. The van der Waals surface area contributed by atoms with Gasteiger partial charge in [0.15, 0.2) is 0 Å². The molecular formula is C15H20N2O4. The zero-order chi connectivity index (χ0) is 15.6. The van der Waals surface area contributed by atoms with Crippen molar-refractivity contribution < 1.29 is 19.8 Å². The van der Waals surface area contributed by atoms with E-state index in [1.807, 2.05) is 6.92 Å². The summed E-state index contributed by atoms with van der Waals surface area (Å²) in [5.41, 5.74) is 5.49. The zero-order valence-corrected chi connectivity index (χ0v) is 11.9. The summed E-state index contributed by atoms with van der Waals surface area (Å²) >= 11 is 0. The van der Waals surface area contributed by atoms with Gasteiger partial charge in [-0.2, -0.15) is 0 Å². The summed E-state index contributed by atoms with van der Waals surface area (Å²) in [5.74, 6) is -1.65. The molecule has 0 aliphatic heterocycles. The first-order chi connectivity index (χ1) is 9.78. The fraction of sp³-hybridized carbons (Fsp3) is 0.467. The van der Waals surface area contributed by atoms with Crippen molar-refractivity contribution in [3.63, 3.8) is 0 Å². The molecular weight excluding hydrogens is 272 g/mol. The monoisotopic (exact) mass is 292 g/mol. The second-order valence-corrected chi connectivity index (χ2v) is 5.85. The van der Waals surface area contributed by atoms with Crippen LogP contribution in [0.5, 0.6) is 0 Å². The molecule has 1 aromatic carbocycles. The van der Waals surface area contributed by atoms with Crippen LogP contribution in [0.15, 0.2) is 18.2 Å². The first-order valence-corrected chi connectivity index (χ1v) is 6.94. The van der Waals surface area contributed by atoms with Gasteiger partial charge in [-0.25, -0.2) is 4.79 Å². The molecule has 2 rings (SSSR count). The van der Waals surface area contributed by atoms with Crippen molar-refractivity contribution in [3.8, 4) is 0 Å². The van der Waals surface area contributed by atoms with Crippen molar-refractivity contribution in [2.45, 2.75) is 44.2 Å². The number of hydrogen-bond donors (Lipinski definition) is 4. The molecule has 21 heavy (non-hydrogen) atoms. The third-order valence-corrected chi connectivity index (χ3v) is 3.95. The highest BCUT2D eigenvalue weighted by Crippen LogP contribution is 2.30. The predicted molar refractivity (Wildman–Crippen MR) is 78.4 cm³/mol. The van der Waals surface area contributed by atoms with Crippen molar-refractivity contribution in [2.24, 2.45) is 5.73 Å². The Kier molecular flexibility index (Phi) is 4.18. The Hall–Kier alpha value is -2.08. The van der Waals surface area contributed by atoms with E-state index in [2.05, 4.69) is 5.32 Å². The van der Waals surface area contributed by atoms with Crippen LogP contribution in [-0.4, -0.2) is 33.7 Å². The summed E-state index contributed by atoms with van der Waals surface area (Å²) in [4.78, 5) is 22.5. The van der Waals surface area contributed by atoms with Gasteiger partial charge < -0.3 is 21.3 Å². The van der Waals surface area contributed by atoms with E-state index in [0.29, 0.717) is 18.5 Å². The lowest BCUT2D eigenvalue weighted by atomic mass is 9.83. The van der Waals surface area contributed by atoms with Gasteiger partial charge >= 0.3 is 5.97 Å². The summed E-state index contributed by atoms with van der Waals surface area (Å²) in [6.07, 6.45) is 2.83. The van der Waals surface area contributed by atoms with E-state index >= 15 is 0 Å². The number of carboxylic acids is 1. The average molecular weight is 292 g/mol. The summed E-state index contributed by atoms with van der Waals surface area (Å²) in [6.45, 7) is 1.81. The molecule has 6 nitrogen and oxygen atoms in total. The van der Waals surface area contributed by atoms with E-state index in [1.165, 1.54) is 18.2 Å². The molecule has 0 atom stereocenters. The topological polar surface area (TPSA) is 113 Å². The quantitative estimate of drug-likeness (QED) is 0.673. The van der Waals surface area contributed by atoms with Crippen molar-refractivity contribution >= 4 is 17.6 Å². The van der Waals surface area contributed by atoms with Gasteiger partial charge in [0.1, 0.15) is 0 Å². The standard InChI is InChI=1S/C15H20N2O4/c1-15(21)6-4-10(5-7-15)17-12-8-9(14(19)20)2-3-11(12)13(16)18/h2-3,8,10,17,21H,4-7H2,1H3,(H2,16,18)(H,19,20)/t10-,15-. The van der Waals surface area contributed by atoms with E-state index in [1.54, 1.807) is 0 Å². The zero-order valence-electron chi connectivity index (χ0n) is 11.9. The maximum Gasteiger partial charge on any atom is 0.335 e. The summed E-state index contributed by atoms with van der Waals surface area (Å²) < 4.78 is 0. The second-order valence-electron chi connectivity index (χ2n) is 5.85. The molecule has 0 unspecified atom stereocenters.